The van der Waals surface area contributed by atoms with Crippen molar-refractivity contribution in [2.45, 2.75) is 13.5 Å². The normalized spacial score (nSPS) is 9.86. The Kier molecular flexibility index (Phi) is 2.85. The van der Waals surface area contributed by atoms with Crippen LogP contribution in [0.25, 0.3) is 0 Å². The van der Waals surface area contributed by atoms with Crippen LogP contribution >= 0.6 is 0 Å². The molecule has 76 valence electrons. The second-order valence-corrected chi connectivity index (χ2v) is 2.78. The molecular formula is C8H11N3O3. The van der Waals surface area contributed by atoms with E-state index < -0.39 is 11.5 Å². The summed E-state index contributed by atoms with van der Waals surface area (Å²) in [5.41, 5.74) is 0.103. The summed E-state index contributed by atoms with van der Waals surface area (Å²) in [6.45, 7) is 1.29. The zero-order valence-electron chi connectivity index (χ0n) is 7.94. The van der Waals surface area contributed by atoms with Gasteiger partial charge in [0.25, 0.3) is 5.56 Å². The molecule has 0 atom stereocenters. The number of aliphatic carboxylic acids is 1. The van der Waals surface area contributed by atoms with E-state index >= 15 is 0 Å². The monoisotopic (exact) mass is 197 g/mol. The number of carboxylic acids is 1. The van der Waals surface area contributed by atoms with Gasteiger partial charge in [0, 0.05) is 18.9 Å². The van der Waals surface area contributed by atoms with Crippen molar-refractivity contribution in [3.05, 3.63) is 22.2 Å². The summed E-state index contributed by atoms with van der Waals surface area (Å²) >= 11 is 0. The number of carbonyl (C=O) groups is 1. The van der Waals surface area contributed by atoms with Gasteiger partial charge >= 0.3 is 5.97 Å². The van der Waals surface area contributed by atoms with Crippen LogP contribution in [-0.2, 0) is 11.3 Å². The molecule has 6 heteroatoms. The first-order chi connectivity index (χ1) is 6.56. The van der Waals surface area contributed by atoms with Crippen molar-refractivity contribution in [3.8, 4) is 0 Å². The molecule has 0 aliphatic rings. The SMILES string of the molecule is CNc1ncc(C)n(CC(=O)O)c1=O. The summed E-state index contributed by atoms with van der Waals surface area (Å²) in [7, 11) is 1.56. The van der Waals surface area contributed by atoms with Crippen molar-refractivity contribution in [1.82, 2.24) is 9.55 Å². The lowest BCUT2D eigenvalue weighted by molar-refractivity contribution is -0.137. The van der Waals surface area contributed by atoms with Crippen LogP contribution < -0.4 is 10.9 Å². The average molecular weight is 197 g/mol. The molecule has 1 heterocycles. The second-order valence-electron chi connectivity index (χ2n) is 2.78. The molecule has 1 aromatic rings. The predicted octanol–water partition coefficient (Wildman–Crippen LogP) is -0.322. The highest BCUT2D eigenvalue weighted by Crippen LogP contribution is 1.97. The lowest BCUT2D eigenvalue weighted by Gasteiger charge is -2.07. The Morgan fingerprint density at radius 2 is 2.36 bits per heavy atom. The van der Waals surface area contributed by atoms with Gasteiger partial charge in [-0.15, -0.1) is 0 Å². The molecule has 1 rings (SSSR count). The summed E-state index contributed by atoms with van der Waals surface area (Å²) < 4.78 is 1.15. The Morgan fingerprint density at radius 3 is 2.86 bits per heavy atom. The minimum absolute atomic E-state index is 0.150. The highest BCUT2D eigenvalue weighted by atomic mass is 16.4. The van der Waals surface area contributed by atoms with Crippen LogP contribution in [0.3, 0.4) is 0 Å². The molecule has 0 fully saturated rings. The molecule has 0 bridgehead atoms. The minimum Gasteiger partial charge on any atom is -0.480 e. The maximum Gasteiger partial charge on any atom is 0.323 e. The fraction of sp³-hybridized carbons (Fsp3) is 0.375. The van der Waals surface area contributed by atoms with Gasteiger partial charge in [-0.05, 0) is 6.92 Å². The van der Waals surface area contributed by atoms with Gasteiger partial charge in [-0.2, -0.15) is 0 Å². The second kappa shape index (κ2) is 3.91. The number of aromatic nitrogens is 2. The first-order valence-corrected chi connectivity index (χ1v) is 4.02. The number of nitrogens with zero attached hydrogens (tertiary/aromatic N) is 2. The van der Waals surface area contributed by atoms with Gasteiger partial charge in [0.05, 0.1) is 0 Å². The molecule has 0 aliphatic heterocycles. The van der Waals surface area contributed by atoms with Crippen molar-refractivity contribution in [2.24, 2.45) is 0 Å². The Bertz CT molecular complexity index is 411. The van der Waals surface area contributed by atoms with E-state index in [0.29, 0.717) is 5.69 Å². The van der Waals surface area contributed by atoms with E-state index in [1.165, 1.54) is 6.20 Å². The molecule has 0 spiro atoms. The third kappa shape index (κ3) is 1.90. The van der Waals surface area contributed by atoms with E-state index in [-0.39, 0.29) is 12.4 Å². The smallest absolute Gasteiger partial charge is 0.323 e. The van der Waals surface area contributed by atoms with E-state index in [2.05, 4.69) is 10.3 Å². The molecule has 0 aliphatic carbocycles. The Hall–Kier alpha value is -1.85. The highest BCUT2D eigenvalue weighted by Gasteiger charge is 2.08. The number of anilines is 1. The molecule has 0 radical (unpaired) electrons. The third-order valence-corrected chi connectivity index (χ3v) is 1.78. The van der Waals surface area contributed by atoms with E-state index in [9.17, 15) is 9.59 Å². The third-order valence-electron chi connectivity index (χ3n) is 1.78. The topological polar surface area (TPSA) is 84.2 Å². The molecule has 1 aromatic heterocycles. The van der Waals surface area contributed by atoms with E-state index in [0.717, 1.165) is 4.57 Å². The number of carboxylic acid groups (broad SMARTS) is 1. The Labute approximate surface area is 80.2 Å². The van der Waals surface area contributed by atoms with Crippen molar-refractivity contribution in [1.29, 1.82) is 0 Å². The molecular weight excluding hydrogens is 186 g/mol. The van der Waals surface area contributed by atoms with E-state index in [4.69, 9.17) is 5.11 Å². The zero-order chi connectivity index (χ0) is 10.7. The van der Waals surface area contributed by atoms with Crippen LogP contribution in [0.4, 0.5) is 5.82 Å². The molecule has 0 unspecified atom stereocenters. The van der Waals surface area contributed by atoms with Gasteiger partial charge in [-0.25, -0.2) is 4.98 Å². The van der Waals surface area contributed by atoms with Crippen LogP contribution in [0.15, 0.2) is 11.0 Å². The summed E-state index contributed by atoms with van der Waals surface area (Å²) in [4.78, 5) is 25.8. The van der Waals surface area contributed by atoms with E-state index in [1.54, 1.807) is 14.0 Å². The quantitative estimate of drug-likeness (QED) is 0.693. The molecule has 0 saturated carbocycles. The molecule has 6 nitrogen and oxygen atoms in total. The fourth-order valence-electron chi connectivity index (χ4n) is 1.07. The van der Waals surface area contributed by atoms with E-state index in [1.807, 2.05) is 0 Å². The van der Waals surface area contributed by atoms with Crippen LogP contribution in [0.2, 0.25) is 0 Å². The molecule has 0 saturated heterocycles. The number of hydrogen-bond donors (Lipinski definition) is 2. The Balaban J connectivity index is 3.25. The summed E-state index contributed by atoms with van der Waals surface area (Å²) in [6, 6.07) is 0. The van der Waals surface area contributed by atoms with Crippen LogP contribution in [0.1, 0.15) is 5.69 Å². The largest absolute Gasteiger partial charge is 0.480 e. The number of rotatable bonds is 3. The maximum atomic E-state index is 11.5. The Morgan fingerprint density at radius 1 is 1.71 bits per heavy atom. The first-order valence-electron chi connectivity index (χ1n) is 4.02. The van der Waals surface area contributed by atoms with Gasteiger partial charge < -0.3 is 10.4 Å². The summed E-state index contributed by atoms with van der Waals surface area (Å²) in [6.07, 6.45) is 1.45. The van der Waals surface area contributed by atoms with Crippen LogP contribution in [0, 0.1) is 6.92 Å². The molecule has 0 aromatic carbocycles. The maximum absolute atomic E-state index is 11.5. The average Bonchev–Trinajstić information content (AvgIpc) is 2.12. The van der Waals surface area contributed by atoms with Gasteiger partial charge in [0.1, 0.15) is 6.54 Å². The van der Waals surface area contributed by atoms with Crippen LogP contribution in [-0.4, -0.2) is 27.7 Å². The van der Waals surface area contributed by atoms with Crippen LogP contribution in [0.5, 0.6) is 0 Å². The summed E-state index contributed by atoms with van der Waals surface area (Å²) in [5, 5.41) is 11.2. The van der Waals surface area contributed by atoms with Crippen molar-refractivity contribution < 1.29 is 9.90 Å². The fourth-order valence-corrected chi connectivity index (χ4v) is 1.07. The summed E-state index contributed by atoms with van der Waals surface area (Å²) in [5.74, 6) is -0.902. The van der Waals surface area contributed by atoms with Gasteiger partial charge in [-0.3, -0.25) is 14.2 Å². The molecule has 2 N–H and O–H groups in total. The highest BCUT2D eigenvalue weighted by molar-refractivity contribution is 5.66. The van der Waals surface area contributed by atoms with Gasteiger partial charge in [0.2, 0.25) is 0 Å². The standard InChI is InChI=1S/C8H11N3O3/c1-5-3-10-7(9-2)8(14)11(5)4-6(12)13/h3H,4H2,1-2H3,(H,9,10)(H,12,13). The van der Waals surface area contributed by atoms with Crippen molar-refractivity contribution in [2.75, 3.05) is 12.4 Å². The lowest BCUT2D eigenvalue weighted by atomic mass is 10.4. The minimum atomic E-state index is -1.05. The van der Waals surface area contributed by atoms with Crippen molar-refractivity contribution in [3.63, 3.8) is 0 Å². The van der Waals surface area contributed by atoms with Gasteiger partial charge in [0.15, 0.2) is 5.82 Å². The van der Waals surface area contributed by atoms with Crippen molar-refractivity contribution >= 4 is 11.8 Å². The predicted molar refractivity (Wildman–Crippen MR) is 50.4 cm³/mol. The number of aryl methyl sites for hydroxylation is 1. The first kappa shape index (κ1) is 10.2. The van der Waals surface area contributed by atoms with Gasteiger partial charge in [-0.1, -0.05) is 0 Å². The molecule has 14 heavy (non-hydrogen) atoms. The zero-order valence-corrected chi connectivity index (χ0v) is 7.94. The lowest BCUT2D eigenvalue weighted by Crippen LogP contribution is -2.28. The molecule has 0 amide bonds. The number of nitrogens with one attached hydrogen (secondary N) is 1. The number of hydrogen-bond acceptors (Lipinski definition) is 4.